The van der Waals surface area contributed by atoms with Crippen LogP contribution in [0.3, 0.4) is 0 Å². The van der Waals surface area contributed by atoms with Crippen LogP contribution in [0.15, 0.2) is 90.2 Å². The summed E-state index contributed by atoms with van der Waals surface area (Å²) in [6, 6.07) is 16.8. The summed E-state index contributed by atoms with van der Waals surface area (Å²) >= 11 is 0.944. The third-order valence-corrected chi connectivity index (χ3v) is 11.6. The van der Waals surface area contributed by atoms with Crippen molar-refractivity contribution in [1.29, 1.82) is 0 Å². The zero-order chi connectivity index (χ0) is 36.9. The van der Waals surface area contributed by atoms with Crippen LogP contribution in [-0.4, -0.2) is 61.6 Å². The van der Waals surface area contributed by atoms with E-state index in [2.05, 4.69) is 20.9 Å². The van der Waals surface area contributed by atoms with Crippen LogP contribution < -0.4 is 20.9 Å². The number of para-hydroxylation sites is 1. The second-order valence-corrected chi connectivity index (χ2v) is 14.9. The van der Waals surface area contributed by atoms with Gasteiger partial charge in [-0.3, -0.25) is 19.3 Å². The molecule has 1 unspecified atom stereocenters. The maximum absolute atomic E-state index is 15.8. The molecule has 2 fully saturated rings. The smallest absolute Gasteiger partial charge is 0.262 e. The van der Waals surface area contributed by atoms with E-state index in [9.17, 15) is 23.2 Å². The fraction of sp³-hybridized carbons (Fsp3) is 0.275. The highest BCUT2D eigenvalue weighted by Gasteiger charge is 2.48. The number of nitrogens with one attached hydrogen (secondary N) is 3. The van der Waals surface area contributed by atoms with Crippen LogP contribution in [0.5, 0.6) is 0 Å². The highest BCUT2D eigenvalue weighted by Crippen LogP contribution is 2.46. The van der Waals surface area contributed by atoms with E-state index in [0.29, 0.717) is 33.0 Å². The first-order chi connectivity index (χ1) is 25.6. The summed E-state index contributed by atoms with van der Waals surface area (Å²) in [6.45, 7) is 5.46. The van der Waals surface area contributed by atoms with Crippen molar-refractivity contribution >= 4 is 45.4 Å². The third-order valence-electron chi connectivity index (χ3n) is 10.4. The summed E-state index contributed by atoms with van der Waals surface area (Å²) in [5.74, 6) is -4.47. The summed E-state index contributed by atoms with van der Waals surface area (Å²) in [4.78, 5) is 44.7. The van der Waals surface area contributed by atoms with E-state index in [1.54, 1.807) is 53.4 Å². The molecule has 13 heteroatoms. The molecule has 0 bridgehead atoms. The number of fused-ring (bicyclic) bond motifs is 3. The van der Waals surface area contributed by atoms with E-state index in [0.717, 1.165) is 74.4 Å². The molecule has 3 N–H and O–H groups in total. The molecule has 8 rings (SSSR count). The molecule has 4 aliphatic heterocycles. The van der Waals surface area contributed by atoms with E-state index < -0.39 is 28.9 Å². The Bertz CT molecular complexity index is 2170. The SMILES string of the molecule is CC1=CC=C(C(=O)Nc2ccc(C(=O)N3CCc4c(sc(NC(=O)c5c(F)cccc5F)c4F)-c4ccccc43)cc2)C(N2CC3(CCOCC3)C2)N1. The van der Waals surface area contributed by atoms with Crippen molar-refractivity contribution in [2.75, 3.05) is 48.4 Å². The predicted octanol–water partition coefficient (Wildman–Crippen LogP) is 7.10. The van der Waals surface area contributed by atoms with Crippen LogP contribution in [0, 0.1) is 22.9 Å². The van der Waals surface area contributed by atoms with Gasteiger partial charge in [0.15, 0.2) is 5.82 Å². The summed E-state index contributed by atoms with van der Waals surface area (Å²) < 4.78 is 49.9. The minimum Gasteiger partial charge on any atom is -0.381 e. The molecule has 5 heterocycles. The Kier molecular flexibility index (Phi) is 9.17. The number of hydrogen-bond donors (Lipinski definition) is 3. The lowest BCUT2D eigenvalue weighted by molar-refractivity contribution is -0.117. The first kappa shape index (κ1) is 34.8. The monoisotopic (exact) mass is 739 g/mol. The molecule has 1 atom stereocenters. The average molecular weight is 740 g/mol. The van der Waals surface area contributed by atoms with Gasteiger partial charge in [-0.1, -0.05) is 24.3 Å². The number of anilines is 3. The maximum Gasteiger partial charge on any atom is 0.262 e. The van der Waals surface area contributed by atoms with Crippen LogP contribution in [0.2, 0.25) is 0 Å². The van der Waals surface area contributed by atoms with Gasteiger partial charge in [-0.2, -0.15) is 0 Å². The number of rotatable bonds is 6. The summed E-state index contributed by atoms with van der Waals surface area (Å²) in [6.07, 6.45) is 5.69. The quantitative estimate of drug-likeness (QED) is 0.195. The molecule has 3 amide bonds. The number of benzene rings is 3. The van der Waals surface area contributed by atoms with Gasteiger partial charge in [0.05, 0.1) is 11.3 Å². The minimum atomic E-state index is -1.10. The number of likely N-dealkylation sites (tertiary alicyclic amines) is 1. The topological polar surface area (TPSA) is 103 Å². The van der Waals surface area contributed by atoms with E-state index in [1.807, 2.05) is 19.1 Å². The average Bonchev–Trinajstić information content (AvgIpc) is 3.34. The molecule has 0 saturated carbocycles. The zero-order valence-corrected chi connectivity index (χ0v) is 29.6. The molecule has 0 radical (unpaired) electrons. The largest absolute Gasteiger partial charge is 0.381 e. The van der Waals surface area contributed by atoms with Crippen molar-refractivity contribution in [2.24, 2.45) is 5.41 Å². The summed E-state index contributed by atoms with van der Waals surface area (Å²) in [5.41, 5.74) is 3.38. The van der Waals surface area contributed by atoms with Gasteiger partial charge >= 0.3 is 0 Å². The van der Waals surface area contributed by atoms with Gasteiger partial charge in [0.2, 0.25) is 0 Å². The number of amides is 3. The summed E-state index contributed by atoms with van der Waals surface area (Å²) in [7, 11) is 0. The number of nitrogens with zero attached hydrogens (tertiary/aromatic N) is 2. The van der Waals surface area contributed by atoms with Crippen molar-refractivity contribution < 1.29 is 32.3 Å². The number of allylic oxidation sites excluding steroid dienone is 3. The predicted molar refractivity (Wildman–Crippen MR) is 197 cm³/mol. The van der Waals surface area contributed by atoms with Gasteiger partial charge in [-0.25, -0.2) is 13.2 Å². The molecule has 53 heavy (non-hydrogen) atoms. The van der Waals surface area contributed by atoms with Crippen LogP contribution in [0.25, 0.3) is 10.4 Å². The highest BCUT2D eigenvalue weighted by molar-refractivity contribution is 7.19. The second-order valence-electron chi connectivity index (χ2n) is 13.9. The van der Waals surface area contributed by atoms with Gasteiger partial charge in [0.1, 0.15) is 28.4 Å². The minimum absolute atomic E-state index is 0.125. The second kappa shape index (κ2) is 14.0. The Balaban J connectivity index is 0.972. The fourth-order valence-electron chi connectivity index (χ4n) is 7.61. The van der Waals surface area contributed by atoms with Crippen molar-refractivity contribution in [3.8, 4) is 10.4 Å². The molecular formula is C40H36F3N5O4S. The van der Waals surface area contributed by atoms with Crippen LogP contribution in [0.4, 0.5) is 29.5 Å². The number of hydrogen-bond acceptors (Lipinski definition) is 7. The molecule has 1 aromatic heterocycles. The van der Waals surface area contributed by atoms with E-state index in [-0.39, 0.29) is 46.9 Å². The first-order valence-electron chi connectivity index (χ1n) is 17.5. The molecule has 1 spiro atoms. The van der Waals surface area contributed by atoms with Crippen LogP contribution >= 0.6 is 11.3 Å². The van der Waals surface area contributed by atoms with Crippen molar-refractivity contribution in [3.05, 3.63) is 124 Å². The number of ether oxygens (including phenoxy) is 1. The molecule has 272 valence electrons. The van der Waals surface area contributed by atoms with E-state index in [1.165, 1.54) is 0 Å². The summed E-state index contributed by atoms with van der Waals surface area (Å²) in [5, 5.41) is 8.64. The lowest BCUT2D eigenvalue weighted by Crippen LogP contribution is -2.65. The standard InChI is InChI=1S/C40H36F3N5O4S/c1-23-9-14-28(35(44-23)47-21-40(22-47)16-19-52-20-17-40)36(49)45-25-12-10-24(11-13-25)39(51)48-18-15-27-33(43)38(53-34(27)26-5-2-3-8-31(26)48)46-37(50)32-29(41)6-4-7-30(32)42/h2-14,35,44H,15-22H2,1H3,(H,45,49)(H,46,50). The van der Waals surface area contributed by atoms with Crippen molar-refractivity contribution in [3.63, 3.8) is 0 Å². The first-order valence-corrected chi connectivity index (χ1v) is 18.3. The molecule has 9 nitrogen and oxygen atoms in total. The maximum atomic E-state index is 15.8. The van der Waals surface area contributed by atoms with E-state index in [4.69, 9.17) is 4.74 Å². The normalized spacial score (nSPS) is 19.1. The molecule has 3 aromatic carbocycles. The van der Waals surface area contributed by atoms with Gasteiger partial charge in [0.25, 0.3) is 17.7 Å². The molecular weight excluding hydrogens is 704 g/mol. The van der Waals surface area contributed by atoms with Crippen LogP contribution in [0.1, 0.15) is 46.0 Å². The Labute approximate surface area is 308 Å². The van der Waals surface area contributed by atoms with Gasteiger partial charge in [-0.15, -0.1) is 11.3 Å². The molecule has 2 saturated heterocycles. The highest BCUT2D eigenvalue weighted by atomic mass is 32.1. The third kappa shape index (κ3) is 6.53. The van der Waals surface area contributed by atoms with Crippen LogP contribution in [-0.2, 0) is 16.0 Å². The zero-order valence-electron chi connectivity index (χ0n) is 28.8. The molecule has 4 aliphatic rings. The Hall–Kier alpha value is -5.24. The number of carbonyl (C=O) groups is 3. The molecule has 4 aromatic rings. The molecule has 0 aliphatic carbocycles. The Morgan fingerprint density at radius 2 is 1.60 bits per heavy atom. The number of carbonyl (C=O) groups excluding carboxylic acids is 3. The van der Waals surface area contributed by atoms with Gasteiger partial charge in [-0.05, 0) is 80.8 Å². The Morgan fingerprint density at radius 1 is 0.887 bits per heavy atom. The fourth-order valence-corrected chi connectivity index (χ4v) is 8.77. The lowest BCUT2D eigenvalue weighted by Gasteiger charge is -2.55. The number of thiophene rings is 1. The van der Waals surface area contributed by atoms with Gasteiger partial charge in [0, 0.05) is 71.2 Å². The number of dihydropyridines is 1. The lowest BCUT2D eigenvalue weighted by atomic mass is 9.73. The van der Waals surface area contributed by atoms with Crippen molar-refractivity contribution in [1.82, 2.24) is 10.2 Å². The van der Waals surface area contributed by atoms with E-state index >= 15 is 4.39 Å². The Morgan fingerprint density at radius 3 is 2.34 bits per heavy atom. The van der Waals surface area contributed by atoms with Crippen molar-refractivity contribution in [2.45, 2.75) is 32.4 Å². The number of halogens is 3. The van der Waals surface area contributed by atoms with Gasteiger partial charge < -0.3 is 25.6 Å².